The maximum absolute atomic E-state index is 10.7. The highest BCUT2D eigenvalue weighted by Crippen LogP contribution is 2.09. The Morgan fingerprint density at radius 2 is 2.20 bits per heavy atom. The van der Waals surface area contributed by atoms with Gasteiger partial charge in [-0.1, -0.05) is 6.08 Å². The molecule has 0 saturated heterocycles. The van der Waals surface area contributed by atoms with Gasteiger partial charge in [0.15, 0.2) is 5.78 Å². The summed E-state index contributed by atoms with van der Waals surface area (Å²) < 4.78 is 0. The van der Waals surface area contributed by atoms with Crippen molar-refractivity contribution < 1.29 is 15.0 Å². The second kappa shape index (κ2) is 2.94. The van der Waals surface area contributed by atoms with E-state index in [1.165, 1.54) is 12.2 Å². The summed E-state index contributed by atoms with van der Waals surface area (Å²) in [5.41, 5.74) is 0. The van der Waals surface area contributed by atoms with Crippen molar-refractivity contribution in [2.75, 3.05) is 0 Å². The lowest BCUT2D eigenvalue weighted by Crippen LogP contribution is -2.15. The van der Waals surface area contributed by atoms with Gasteiger partial charge in [-0.05, 0) is 6.08 Å². The highest BCUT2D eigenvalue weighted by Gasteiger charge is 2.15. The molecule has 1 aliphatic carbocycles. The zero-order chi connectivity index (χ0) is 7.56. The molecule has 10 heavy (non-hydrogen) atoms. The van der Waals surface area contributed by atoms with Crippen molar-refractivity contribution in [3.05, 3.63) is 12.2 Å². The van der Waals surface area contributed by atoms with Crippen molar-refractivity contribution in [1.82, 2.24) is 0 Å². The van der Waals surface area contributed by atoms with Crippen LogP contribution in [0.25, 0.3) is 0 Å². The summed E-state index contributed by atoms with van der Waals surface area (Å²) in [5, 5.41) is 18.0. The molecule has 56 valence electrons. The average Bonchev–Trinajstić information content (AvgIpc) is 1.93. The molecule has 3 nitrogen and oxygen atoms in total. The summed E-state index contributed by atoms with van der Waals surface area (Å²) in [6, 6.07) is 0. The third-order valence-corrected chi connectivity index (χ3v) is 1.45. The molecule has 0 fully saturated rings. The van der Waals surface area contributed by atoms with Crippen LogP contribution in [0.3, 0.4) is 0 Å². The number of hydrogen-bond acceptors (Lipinski definition) is 3. The van der Waals surface area contributed by atoms with Gasteiger partial charge in [0.1, 0.15) is 0 Å². The third kappa shape index (κ3) is 1.93. The summed E-state index contributed by atoms with van der Waals surface area (Å²) in [6.07, 6.45) is 1.79. The standard InChI is InChI=1S/C7H10O3/c8-5-1-2-6(9)4-7(10)3-5/h1-2,5,7-8,10H,3-4H2/t5-,7+/m0/s1. The lowest BCUT2D eigenvalue weighted by Gasteiger charge is -2.06. The molecule has 0 aliphatic heterocycles. The molecular formula is C7H10O3. The van der Waals surface area contributed by atoms with Gasteiger partial charge in [-0.3, -0.25) is 4.79 Å². The maximum Gasteiger partial charge on any atom is 0.158 e. The zero-order valence-corrected chi connectivity index (χ0v) is 5.53. The van der Waals surface area contributed by atoms with Crippen LogP contribution in [-0.4, -0.2) is 28.2 Å². The number of aliphatic hydroxyl groups is 2. The molecule has 0 heterocycles. The van der Waals surface area contributed by atoms with Gasteiger partial charge < -0.3 is 10.2 Å². The molecular weight excluding hydrogens is 132 g/mol. The largest absolute Gasteiger partial charge is 0.393 e. The minimum absolute atomic E-state index is 0.121. The molecule has 0 bridgehead atoms. The van der Waals surface area contributed by atoms with E-state index in [1.54, 1.807) is 0 Å². The first-order valence-corrected chi connectivity index (χ1v) is 3.25. The minimum Gasteiger partial charge on any atom is -0.393 e. The molecule has 0 aromatic heterocycles. The Morgan fingerprint density at radius 3 is 2.90 bits per heavy atom. The van der Waals surface area contributed by atoms with Crippen LogP contribution in [-0.2, 0) is 4.79 Å². The summed E-state index contributed by atoms with van der Waals surface area (Å²) in [7, 11) is 0. The monoisotopic (exact) mass is 142 g/mol. The van der Waals surface area contributed by atoms with Crippen LogP contribution in [0.2, 0.25) is 0 Å². The molecule has 0 aromatic carbocycles. The molecule has 0 radical (unpaired) electrons. The fourth-order valence-electron chi connectivity index (χ4n) is 0.959. The van der Waals surface area contributed by atoms with Crippen LogP contribution >= 0.6 is 0 Å². The fraction of sp³-hybridized carbons (Fsp3) is 0.571. The van der Waals surface area contributed by atoms with Crippen LogP contribution in [0, 0.1) is 0 Å². The molecule has 1 aliphatic rings. The van der Waals surface area contributed by atoms with E-state index in [0.29, 0.717) is 0 Å². The number of carbonyl (C=O) groups is 1. The molecule has 0 saturated carbocycles. The number of rotatable bonds is 0. The van der Waals surface area contributed by atoms with Gasteiger partial charge in [-0.2, -0.15) is 0 Å². The second-order valence-corrected chi connectivity index (χ2v) is 2.49. The van der Waals surface area contributed by atoms with E-state index in [4.69, 9.17) is 10.2 Å². The van der Waals surface area contributed by atoms with E-state index in [2.05, 4.69) is 0 Å². The summed E-state index contributed by atoms with van der Waals surface area (Å²) >= 11 is 0. The molecule has 0 amide bonds. The summed E-state index contributed by atoms with van der Waals surface area (Å²) in [4.78, 5) is 10.7. The van der Waals surface area contributed by atoms with Gasteiger partial charge in [0, 0.05) is 12.8 Å². The van der Waals surface area contributed by atoms with Crippen molar-refractivity contribution >= 4 is 5.78 Å². The summed E-state index contributed by atoms with van der Waals surface area (Å²) in [6.45, 7) is 0. The smallest absolute Gasteiger partial charge is 0.158 e. The average molecular weight is 142 g/mol. The maximum atomic E-state index is 10.7. The van der Waals surface area contributed by atoms with Crippen LogP contribution < -0.4 is 0 Å². The van der Waals surface area contributed by atoms with Gasteiger partial charge in [0.25, 0.3) is 0 Å². The van der Waals surface area contributed by atoms with Gasteiger partial charge in [0.2, 0.25) is 0 Å². The van der Waals surface area contributed by atoms with Crippen molar-refractivity contribution in [2.24, 2.45) is 0 Å². The number of allylic oxidation sites excluding steroid dienone is 1. The summed E-state index contributed by atoms with van der Waals surface area (Å²) in [5.74, 6) is -0.121. The Bertz CT molecular complexity index is 162. The Hall–Kier alpha value is -0.670. The number of aliphatic hydroxyl groups excluding tert-OH is 2. The normalized spacial score (nSPS) is 34.0. The van der Waals surface area contributed by atoms with Gasteiger partial charge in [-0.15, -0.1) is 0 Å². The molecule has 2 atom stereocenters. The topological polar surface area (TPSA) is 57.5 Å². The van der Waals surface area contributed by atoms with Gasteiger partial charge >= 0.3 is 0 Å². The van der Waals surface area contributed by atoms with E-state index in [0.717, 1.165) is 0 Å². The lowest BCUT2D eigenvalue weighted by molar-refractivity contribution is -0.116. The highest BCUT2D eigenvalue weighted by atomic mass is 16.3. The Balaban J connectivity index is 2.60. The zero-order valence-electron chi connectivity index (χ0n) is 5.53. The van der Waals surface area contributed by atoms with Crippen molar-refractivity contribution in [3.8, 4) is 0 Å². The molecule has 1 rings (SSSR count). The van der Waals surface area contributed by atoms with Gasteiger partial charge in [0.05, 0.1) is 12.2 Å². The highest BCUT2D eigenvalue weighted by molar-refractivity contribution is 5.90. The SMILES string of the molecule is O=C1C=C[C@H](O)C[C@@H](O)C1. The van der Waals surface area contributed by atoms with Crippen molar-refractivity contribution in [1.29, 1.82) is 0 Å². The molecule has 0 unspecified atom stereocenters. The van der Waals surface area contributed by atoms with E-state index < -0.39 is 12.2 Å². The van der Waals surface area contributed by atoms with Crippen LogP contribution in [0.5, 0.6) is 0 Å². The molecule has 3 heteroatoms. The molecule has 2 N–H and O–H groups in total. The number of ketones is 1. The Labute approximate surface area is 59.0 Å². The molecule has 0 spiro atoms. The predicted octanol–water partition coefficient (Wildman–Crippen LogP) is -0.373. The van der Waals surface area contributed by atoms with Gasteiger partial charge in [-0.25, -0.2) is 0 Å². The Kier molecular flexibility index (Phi) is 2.19. The van der Waals surface area contributed by atoms with Crippen molar-refractivity contribution in [2.45, 2.75) is 25.0 Å². The van der Waals surface area contributed by atoms with E-state index >= 15 is 0 Å². The second-order valence-electron chi connectivity index (χ2n) is 2.49. The fourth-order valence-corrected chi connectivity index (χ4v) is 0.959. The number of carbonyl (C=O) groups excluding carboxylic acids is 1. The lowest BCUT2D eigenvalue weighted by atomic mass is 10.1. The van der Waals surface area contributed by atoms with Crippen LogP contribution in [0.15, 0.2) is 12.2 Å². The number of hydrogen-bond donors (Lipinski definition) is 2. The quantitative estimate of drug-likeness (QED) is 0.485. The van der Waals surface area contributed by atoms with E-state index in [1.807, 2.05) is 0 Å². The first-order chi connectivity index (χ1) is 4.68. The first kappa shape index (κ1) is 7.44. The van der Waals surface area contributed by atoms with E-state index in [-0.39, 0.29) is 18.6 Å². The third-order valence-electron chi connectivity index (χ3n) is 1.45. The Morgan fingerprint density at radius 1 is 1.50 bits per heavy atom. The van der Waals surface area contributed by atoms with E-state index in [9.17, 15) is 4.79 Å². The minimum atomic E-state index is -0.683. The van der Waals surface area contributed by atoms with Crippen LogP contribution in [0.1, 0.15) is 12.8 Å². The predicted molar refractivity (Wildman–Crippen MR) is 35.4 cm³/mol. The molecule has 0 aromatic rings. The first-order valence-electron chi connectivity index (χ1n) is 3.25. The van der Waals surface area contributed by atoms with Crippen molar-refractivity contribution in [3.63, 3.8) is 0 Å². The van der Waals surface area contributed by atoms with Crippen LogP contribution in [0.4, 0.5) is 0 Å².